The lowest BCUT2D eigenvalue weighted by Crippen LogP contribution is -2.41. The molecule has 136 valence electrons. The molecule has 2 N–H and O–H groups in total. The smallest absolute Gasteiger partial charge is 0.239 e. The van der Waals surface area contributed by atoms with E-state index in [1.54, 1.807) is 38.1 Å². The molecule has 0 aliphatic rings. The normalized spacial score (nSPS) is 10.9. The van der Waals surface area contributed by atoms with Gasteiger partial charge in [-0.25, -0.2) is 0 Å². The summed E-state index contributed by atoms with van der Waals surface area (Å²) in [5, 5.41) is 5.49. The molecule has 0 radical (unpaired) electrons. The Morgan fingerprint density at radius 1 is 0.885 bits per heavy atom. The quantitative estimate of drug-likeness (QED) is 0.608. The van der Waals surface area contributed by atoms with Gasteiger partial charge in [-0.2, -0.15) is 0 Å². The van der Waals surface area contributed by atoms with E-state index in [4.69, 9.17) is 0 Å². The molecule has 5 heteroatoms. The monoisotopic (exact) mass is 352 g/mol. The number of aryl methyl sites for hydroxylation is 1. The maximum atomic E-state index is 12.6. The maximum Gasteiger partial charge on any atom is 0.239 e. The Bertz CT molecular complexity index is 823. The number of rotatable bonds is 6. The van der Waals surface area contributed by atoms with Crippen LogP contribution in [-0.2, 0) is 16.0 Å². The van der Waals surface area contributed by atoms with Crippen LogP contribution in [-0.4, -0.2) is 17.6 Å². The van der Waals surface area contributed by atoms with Crippen LogP contribution >= 0.6 is 0 Å². The van der Waals surface area contributed by atoms with Crippen molar-refractivity contribution >= 4 is 29.0 Å². The summed E-state index contributed by atoms with van der Waals surface area (Å²) >= 11 is 0. The number of hydrogen-bond donors (Lipinski definition) is 2. The number of nitrogens with one attached hydrogen (secondary N) is 2. The first-order valence-electron chi connectivity index (χ1n) is 8.57. The molecule has 0 atom stereocenters. The average molecular weight is 352 g/mol. The predicted molar refractivity (Wildman–Crippen MR) is 103 cm³/mol. The molecule has 2 rings (SSSR count). The lowest BCUT2D eigenvalue weighted by atomic mass is 9.90. The Morgan fingerprint density at radius 2 is 1.46 bits per heavy atom. The second-order valence-electron chi connectivity index (χ2n) is 6.72. The number of amides is 2. The van der Waals surface area contributed by atoms with Crippen molar-refractivity contribution in [3.63, 3.8) is 0 Å². The van der Waals surface area contributed by atoms with E-state index >= 15 is 0 Å². The number of carbonyl (C=O) groups excluding carboxylic acids is 3. The summed E-state index contributed by atoms with van der Waals surface area (Å²) in [7, 11) is 0. The fourth-order valence-corrected chi connectivity index (χ4v) is 2.32. The molecule has 2 aromatic rings. The summed E-state index contributed by atoms with van der Waals surface area (Å²) in [4.78, 5) is 36.6. The lowest BCUT2D eigenvalue weighted by Gasteiger charge is -2.23. The van der Waals surface area contributed by atoms with Crippen molar-refractivity contribution in [2.24, 2.45) is 5.41 Å². The average Bonchev–Trinajstić information content (AvgIpc) is 2.62. The topological polar surface area (TPSA) is 75.3 Å². The minimum absolute atomic E-state index is 0.0892. The zero-order chi connectivity index (χ0) is 19.3. The van der Waals surface area contributed by atoms with Gasteiger partial charge in [-0.15, -0.1) is 0 Å². The van der Waals surface area contributed by atoms with E-state index in [-0.39, 0.29) is 5.78 Å². The highest BCUT2D eigenvalue weighted by Crippen LogP contribution is 2.22. The van der Waals surface area contributed by atoms with Crippen molar-refractivity contribution in [2.45, 2.75) is 34.1 Å². The molecule has 0 aromatic heterocycles. The summed E-state index contributed by atoms with van der Waals surface area (Å²) in [5.41, 5.74) is 1.52. The van der Waals surface area contributed by atoms with E-state index in [0.29, 0.717) is 16.9 Å². The van der Waals surface area contributed by atoms with Gasteiger partial charge in [-0.05, 0) is 57.0 Å². The molecule has 2 aromatic carbocycles. The second kappa shape index (κ2) is 7.95. The zero-order valence-corrected chi connectivity index (χ0v) is 15.6. The van der Waals surface area contributed by atoms with Gasteiger partial charge in [-0.1, -0.05) is 31.2 Å². The Labute approximate surface area is 153 Å². The molecule has 0 saturated carbocycles. The van der Waals surface area contributed by atoms with Crippen molar-refractivity contribution in [2.75, 3.05) is 10.6 Å². The molecule has 5 nitrogen and oxygen atoms in total. The van der Waals surface area contributed by atoms with Crippen LogP contribution in [0.3, 0.4) is 0 Å². The zero-order valence-electron chi connectivity index (χ0n) is 15.6. The lowest BCUT2D eigenvalue weighted by molar-refractivity contribution is -0.135. The number of anilines is 2. The third-order valence-electron chi connectivity index (χ3n) is 4.28. The fourth-order valence-electron chi connectivity index (χ4n) is 2.32. The minimum Gasteiger partial charge on any atom is -0.325 e. The van der Waals surface area contributed by atoms with E-state index < -0.39 is 17.2 Å². The number of benzene rings is 2. The summed E-state index contributed by atoms with van der Waals surface area (Å²) in [5.74, 6) is -0.934. The summed E-state index contributed by atoms with van der Waals surface area (Å²) in [6, 6.07) is 14.2. The van der Waals surface area contributed by atoms with Crippen molar-refractivity contribution in [1.29, 1.82) is 0 Å². The first-order valence-corrected chi connectivity index (χ1v) is 8.57. The Hall–Kier alpha value is -2.95. The van der Waals surface area contributed by atoms with Crippen molar-refractivity contribution in [3.8, 4) is 0 Å². The van der Waals surface area contributed by atoms with Crippen LogP contribution in [0.15, 0.2) is 48.5 Å². The third kappa shape index (κ3) is 4.57. The van der Waals surface area contributed by atoms with Crippen LogP contribution in [0.1, 0.15) is 43.6 Å². The van der Waals surface area contributed by atoms with Crippen LogP contribution in [0.5, 0.6) is 0 Å². The molecule has 0 bridgehead atoms. The molecular weight excluding hydrogens is 328 g/mol. The Kier molecular flexibility index (Phi) is 5.93. The van der Waals surface area contributed by atoms with Gasteiger partial charge in [0.15, 0.2) is 5.78 Å². The van der Waals surface area contributed by atoms with E-state index in [1.165, 1.54) is 12.5 Å². The summed E-state index contributed by atoms with van der Waals surface area (Å²) in [6.45, 7) is 6.64. The van der Waals surface area contributed by atoms with Gasteiger partial charge in [0.05, 0.1) is 0 Å². The van der Waals surface area contributed by atoms with Gasteiger partial charge in [0.2, 0.25) is 11.8 Å². The molecular formula is C21H24N2O3. The molecule has 0 spiro atoms. The van der Waals surface area contributed by atoms with Gasteiger partial charge >= 0.3 is 0 Å². The Morgan fingerprint density at radius 3 is 2.00 bits per heavy atom. The summed E-state index contributed by atoms with van der Waals surface area (Å²) in [6.07, 6.45) is 0.918. The summed E-state index contributed by atoms with van der Waals surface area (Å²) < 4.78 is 0. The molecule has 0 fully saturated rings. The van der Waals surface area contributed by atoms with Crippen LogP contribution < -0.4 is 10.6 Å². The molecule has 0 saturated heterocycles. The number of ketones is 1. The van der Waals surface area contributed by atoms with Gasteiger partial charge < -0.3 is 10.6 Å². The second-order valence-corrected chi connectivity index (χ2v) is 6.72. The van der Waals surface area contributed by atoms with E-state index in [9.17, 15) is 14.4 Å². The largest absolute Gasteiger partial charge is 0.325 e. The number of Topliss-reactive ketones (excluding diaryl/α,β-unsaturated/α-hetero) is 1. The van der Waals surface area contributed by atoms with Crippen LogP contribution in [0.2, 0.25) is 0 Å². The molecule has 0 aliphatic heterocycles. The molecule has 26 heavy (non-hydrogen) atoms. The Balaban J connectivity index is 2.09. The van der Waals surface area contributed by atoms with Crippen molar-refractivity contribution < 1.29 is 14.4 Å². The van der Waals surface area contributed by atoms with Crippen molar-refractivity contribution in [3.05, 3.63) is 59.7 Å². The first-order chi connectivity index (χ1) is 12.2. The number of carbonyl (C=O) groups is 3. The molecule has 0 unspecified atom stereocenters. The van der Waals surface area contributed by atoms with E-state index in [2.05, 4.69) is 17.6 Å². The highest BCUT2D eigenvalue weighted by atomic mass is 16.2. The maximum absolute atomic E-state index is 12.6. The first kappa shape index (κ1) is 19.4. The van der Waals surface area contributed by atoms with Crippen LogP contribution in [0.4, 0.5) is 11.4 Å². The van der Waals surface area contributed by atoms with Gasteiger partial charge in [0.25, 0.3) is 0 Å². The molecule has 0 aliphatic carbocycles. The van der Waals surface area contributed by atoms with Gasteiger partial charge in [0, 0.05) is 16.9 Å². The molecule has 2 amide bonds. The SMILES string of the molecule is CCc1ccc(NC(=O)C(C)(C)C(=O)Nc2cccc(C(C)=O)c2)cc1. The predicted octanol–water partition coefficient (Wildman–Crippen LogP) is 4.06. The van der Waals surface area contributed by atoms with E-state index in [0.717, 1.165) is 6.42 Å². The van der Waals surface area contributed by atoms with Gasteiger partial charge in [0.1, 0.15) is 5.41 Å². The van der Waals surface area contributed by atoms with Crippen molar-refractivity contribution in [1.82, 2.24) is 0 Å². The number of hydrogen-bond acceptors (Lipinski definition) is 3. The fraction of sp³-hybridized carbons (Fsp3) is 0.286. The van der Waals surface area contributed by atoms with Gasteiger partial charge in [-0.3, -0.25) is 14.4 Å². The third-order valence-corrected chi connectivity index (χ3v) is 4.28. The standard InChI is InChI=1S/C21H24N2O3/c1-5-15-9-11-17(12-10-15)22-19(25)21(3,4)20(26)23-18-8-6-7-16(13-18)14(2)24/h6-13H,5H2,1-4H3,(H,22,25)(H,23,26). The molecule has 0 heterocycles. The van der Waals surface area contributed by atoms with E-state index in [1.807, 2.05) is 24.3 Å². The highest BCUT2D eigenvalue weighted by Gasteiger charge is 2.36. The minimum atomic E-state index is -1.28. The van der Waals surface area contributed by atoms with Crippen LogP contribution in [0.25, 0.3) is 0 Å². The van der Waals surface area contributed by atoms with Crippen LogP contribution in [0, 0.1) is 5.41 Å². The highest BCUT2D eigenvalue weighted by molar-refractivity contribution is 6.14.